The monoisotopic (exact) mass is 384 g/mol. The van der Waals surface area contributed by atoms with E-state index in [1.807, 2.05) is 0 Å². The molecule has 0 spiro atoms. The number of allylic oxidation sites excluding steroid dienone is 2. The fourth-order valence-electron chi connectivity index (χ4n) is 3.82. The molecule has 0 amide bonds. The number of hydrogen-bond donors (Lipinski definition) is 0. The summed E-state index contributed by atoms with van der Waals surface area (Å²) in [4.78, 5) is 12.4. The van der Waals surface area contributed by atoms with Crippen molar-refractivity contribution in [2.45, 2.75) is 111 Å². The number of unbranched alkanes of at least 4 members (excludes halogenated alkanes) is 4. The predicted octanol–water partition coefficient (Wildman–Crippen LogP) is 7.42. The summed E-state index contributed by atoms with van der Waals surface area (Å²) in [5.41, 5.74) is 4.65. The number of Topliss-reactive ketones (excluding diaryl/α,β-unsaturated/α-hetero) is 1. The van der Waals surface area contributed by atoms with Crippen LogP contribution in [0.15, 0.2) is 23.5 Å². The first-order valence-electron chi connectivity index (χ1n) is 11.0. The van der Waals surface area contributed by atoms with Crippen molar-refractivity contribution in [1.29, 1.82) is 0 Å². The number of carbonyl (C=O) groups excluding carboxylic acids is 1. The Labute approximate surface area is 172 Å². The molecule has 1 aliphatic heterocycles. The van der Waals surface area contributed by atoms with E-state index in [4.69, 9.17) is 4.74 Å². The molecule has 28 heavy (non-hydrogen) atoms. The molecule has 2 nitrogen and oxygen atoms in total. The third-order valence-corrected chi connectivity index (χ3v) is 5.70. The minimum atomic E-state index is -0.00862. The van der Waals surface area contributed by atoms with Gasteiger partial charge in [-0.15, -0.1) is 0 Å². The first kappa shape index (κ1) is 22.7. The molecule has 0 atom stereocenters. The average Bonchev–Trinajstić information content (AvgIpc) is 2.58. The van der Waals surface area contributed by atoms with Gasteiger partial charge in [0, 0.05) is 24.0 Å². The number of fused-ring (bicyclic) bond motifs is 1. The molecule has 0 fully saturated rings. The van der Waals surface area contributed by atoms with Gasteiger partial charge in [-0.05, 0) is 35.3 Å². The average molecular weight is 385 g/mol. The van der Waals surface area contributed by atoms with Crippen LogP contribution in [0.1, 0.15) is 111 Å². The van der Waals surface area contributed by atoms with Gasteiger partial charge in [0.15, 0.2) is 5.78 Å². The number of ketones is 1. The molecule has 0 aliphatic carbocycles. The van der Waals surface area contributed by atoms with Crippen LogP contribution in [0, 0.1) is 0 Å². The fourth-order valence-corrected chi connectivity index (χ4v) is 3.82. The van der Waals surface area contributed by atoms with E-state index in [2.05, 4.69) is 60.6 Å². The van der Waals surface area contributed by atoms with Crippen molar-refractivity contribution in [1.82, 2.24) is 0 Å². The van der Waals surface area contributed by atoms with Crippen LogP contribution in [-0.4, -0.2) is 5.78 Å². The van der Waals surface area contributed by atoms with Crippen molar-refractivity contribution in [3.8, 4) is 5.75 Å². The van der Waals surface area contributed by atoms with Crippen LogP contribution in [0.25, 0.3) is 0 Å². The highest BCUT2D eigenvalue weighted by atomic mass is 16.5. The number of ether oxygens (including phenoxy) is 1. The number of benzene rings is 1. The van der Waals surface area contributed by atoms with Crippen LogP contribution in [0.4, 0.5) is 0 Å². The molecule has 0 N–H and O–H groups in total. The third kappa shape index (κ3) is 5.49. The summed E-state index contributed by atoms with van der Waals surface area (Å²) in [6, 6.07) is 4.57. The Morgan fingerprint density at radius 2 is 1.61 bits per heavy atom. The largest absolute Gasteiger partial charge is 0.461 e. The zero-order valence-electron chi connectivity index (χ0n) is 19.4. The van der Waals surface area contributed by atoms with Gasteiger partial charge < -0.3 is 4.74 Å². The Balaban J connectivity index is 2.41. The third-order valence-electron chi connectivity index (χ3n) is 5.70. The first-order valence-corrected chi connectivity index (χ1v) is 11.0. The van der Waals surface area contributed by atoms with Crippen LogP contribution in [0.2, 0.25) is 0 Å². The molecule has 1 heterocycles. The van der Waals surface area contributed by atoms with Crippen molar-refractivity contribution in [3.05, 3.63) is 40.2 Å². The topological polar surface area (TPSA) is 26.3 Å². The molecular weight excluding hydrogens is 344 g/mol. The number of carbonyl (C=O) groups is 1. The van der Waals surface area contributed by atoms with Crippen LogP contribution < -0.4 is 4.74 Å². The summed E-state index contributed by atoms with van der Waals surface area (Å²) in [5.74, 6) is 2.05. The molecule has 0 bridgehead atoms. The molecule has 156 valence electrons. The standard InChI is InChI=1S/C26H40O2/c1-9-10-11-12-13-14-23-21(18(2)27)16-19-15-20(25(3,4)5)17-22(24(19)28-23)26(6,7)8/h15,17H,9-14,16H2,1-8H3. The smallest absolute Gasteiger partial charge is 0.159 e. The first-order chi connectivity index (χ1) is 12.9. The lowest BCUT2D eigenvalue weighted by atomic mass is 9.77. The Kier molecular flexibility index (Phi) is 7.17. The van der Waals surface area contributed by atoms with E-state index in [1.54, 1.807) is 6.92 Å². The Hall–Kier alpha value is -1.57. The predicted molar refractivity (Wildman–Crippen MR) is 119 cm³/mol. The second-order valence-corrected chi connectivity index (χ2v) is 10.4. The minimum Gasteiger partial charge on any atom is -0.461 e. The lowest BCUT2D eigenvalue weighted by Gasteiger charge is -2.32. The van der Waals surface area contributed by atoms with Gasteiger partial charge >= 0.3 is 0 Å². The van der Waals surface area contributed by atoms with Crippen LogP contribution in [0.5, 0.6) is 5.75 Å². The van der Waals surface area contributed by atoms with Gasteiger partial charge in [-0.25, -0.2) is 0 Å². The maximum atomic E-state index is 12.4. The van der Waals surface area contributed by atoms with Crippen molar-refractivity contribution in [2.24, 2.45) is 0 Å². The molecule has 1 aromatic rings. The summed E-state index contributed by atoms with van der Waals surface area (Å²) in [5, 5.41) is 0. The Morgan fingerprint density at radius 3 is 2.14 bits per heavy atom. The van der Waals surface area contributed by atoms with Gasteiger partial charge in [-0.1, -0.05) is 86.3 Å². The van der Waals surface area contributed by atoms with E-state index >= 15 is 0 Å². The van der Waals surface area contributed by atoms with Gasteiger partial charge in [0.1, 0.15) is 11.5 Å². The van der Waals surface area contributed by atoms with E-state index in [-0.39, 0.29) is 16.6 Å². The van der Waals surface area contributed by atoms with E-state index in [0.717, 1.165) is 35.5 Å². The summed E-state index contributed by atoms with van der Waals surface area (Å²) in [7, 11) is 0. The molecule has 2 rings (SSSR count). The fraction of sp³-hybridized carbons (Fsp3) is 0.654. The Morgan fingerprint density at radius 1 is 0.964 bits per heavy atom. The van der Waals surface area contributed by atoms with E-state index < -0.39 is 0 Å². The molecule has 1 aromatic carbocycles. The molecule has 0 saturated carbocycles. The number of hydrogen-bond acceptors (Lipinski definition) is 2. The molecule has 0 saturated heterocycles. The summed E-state index contributed by atoms with van der Waals surface area (Å²) in [6.45, 7) is 17.4. The highest BCUT2D eigenvalue weighted by Crippen LogP contribution is 2.43. The maximum absolute atomic E-state index is 12.4. The zero-order valence-corrected chi connectivity index (χ0v) is 19.4. The second kappa shape index (κ2) is 8.84. The van der Waals surface area contributed by atoms with Gasteiger partial charge in [0.2, 0.25) is 0 Å². The van der Waals surface area contributed by atoms with Gasteiger partial charge in [0.25, 0.3) is 0 Å². The van der Waals surface area contributed by atoms with Gasteiger partial charge in [0.05, 0.1) is 0 Å². The summed E-state index contributed by atoms with van der Waals surface area (Å²) >= 11 is 0. The van der Waals surface area contributed by atoms with Gasteiger partial charge in [-0.2, -0.15) is 0 Å². The SMILES string of the molecule is CCCCCCCC1=C(C(C)=O)Cc2cc(C(C)(C)C)cc(C(C)(C)C)c2O1. The van der Waals surface area contributed by atoms with Crippen molar-refractivity contribution in [2.75, 3.05) is 0 Å². The van der Waals surface area contributed by atoms with E-state index in [9.17, 15) is 4.79 Å². The molecule has 2 heteroatoms. The molecule has 0 unspecified atom stereocenters. The molecular formula is C26H40O2. The van der Waals surface area contributed by atoms with Gasteiger partial charge in [-0.3, -0.25) is 4.79 Å². The van der Waals surface area contributed by atoms with Crippen LogP contribution in [-0.2, 0) is 22.0 Å². The molecule has 0 radical (unpaired) electrons. The highest BCUT2D eigenvalue weighted by Gasteiger charge is 2.31. The van der Waals surface area contributed by atoms with E-state index in [1.165, 1.54) is 36.8 Å². The second-order valence-electron chi connectivity index (χ2n) is 10.4. The molecule has 0 aromatic heterocycles. The maximum Gasteiger partial charge on any atom is 0.159 e. The Bertz CT molecular complexity index is 739. The lowest BCUT2D eigenvalue weighted by molar-refractivity contribution is -0.113. The molecule has 1 aliphatic rings. The van der Waals surface area contributed by atoms with E-state index in [0.29, 0.717) is 6.42 Å². The van der Waals surface area contributed by atoms with Crippen LogP contribution >= 0.6 is 0 Å². The van der Waals surface area contributed by atoms with Crippen molar-refractivity contribution in [3.63, 3.8) is 0 Å². The minimum absolute atomic E-state index is 0.00862. The van der Waals surface area contributed by atoms with Crippen molar-refractivity contribution < 1.29 is 9.53 Å². The quantitative estimate of drug-likeness (QED) is 0.457. The lowest BCUT2D eigenvalue weighted by Crippen LogP contribution is -2.23. The van der Waals surface area contributed by atoms with Crippen LogP contribution in [0.3, 0.4) is 0 Å². The highest BCUT2D eigenvalue weighted by molar-refractivity contribution is 5.94. The normalized spacial score (nSPS) is 14.7. The summed E-state index contributed by atoms with van der Waals surface area (Å²) in [6.07, 6.45) is 7.64. The zero-order chi connectivity index (χ0) is 21.1. The van der Waals surface area contributed by atoms with Crippen molar-refractivity contribution >= 4 is 5.78 Å². The number of rotatable bonds is 7. The summed E-state index contributed by atoms with van der Waals surface area (Å²) < 4.78 is 6.50.